The lowest BCUT2D eigenvalue weighted by Gasteiger charge is -2.40. The number of anilines is 2. The number of amides is 2. The molecule has 3 aliphatic rings. The molecule has 0 saturated carbocycles. The Morgan fingerprint density at radius 3 is 2.18 bits per heavy atom. The fraction of sp³-hybridized carbons (Fsp3) is 0.487. The average molecular weight is 685 g/mol. The Kier molecular flexibility index (Phi) is 12.3. The zero-order valence-electron chi connectivity index (χ0n) is 30.0. The van der Waals surface area contributed by atoms with Gasteiger partial charge in [0, 0.05) is 87.3 Å². The molecule has 3 atom stereocenters. The fourth-order valence-electron chi connectivity index (χ4n) is 7.50. The van der Waals surface area contributed by atoms with Crippen LogP contribution in [0.5, 0.6) is 5.75 Å². The van der Waals surface area contributed by atoms with E-state index in [4.69, 9.17) is 19.6 Å². The maximum Gasteiger partial charge on any atom is 0.300 e. The van der Waals surface area contributed by atoms with Gasteiger partial charge in [-0.05, 0) is 80.5 Å². The number of carboxylic acids is 1. The molecule has 268 valence electrons. The molecule has 0 spiro atoms. The minimum Gasteiger partial charge on any atom is -0.496 e. The predicted octanol–water partition coefficient (Wildman–Crippen LogP) is 5.13. The number of nitrogens with one attached hydrogen (secondary N) is 2. The molecule has 11 nitrogen and oxygen atoms in total. The van der Waals surface area contributed by atoms with Crippen molar-refractivity contribution in [1.82, 2.24) is 20.5 Å². The molecule has 0 unspecified atom stereocenters. The number of carbonyl (C=O) groups excluding carboxylic acids is 2. The van der Waals surface area contributed by atoms with Crippen molar-refractivity contribution in [3.05, 3.63) is 83.0 Å². The van der Waals surface area contributed by atoms with Crippen molar-refractivity contribution in [3.8, 4) is 5.75 Å². The van der Waals surface area contributed by atoms with Gasteiger partial charge in [0.15, 0.2) is 0 Å². The van der Waals surface area contributed by atoms with Crippen LogP contribution in [0.15, 0.2) is 60.8 Å². The van der Waals surface area contributed by atoms with E-state index >= 15 is 0 Å². The van der Waals surface area contributed by atoms with Gasteiger partial charge >= 0.3 is 0 Å². The SMILES string of the molecule is CC(=O)O.COc1cccc(C(=O)N[C@H]2C[C@H]3CC[C@@H](C2)N3c2ccc(C(=O)NCc3ccc(N4CCN(CC(C)C)CC4)cc3)cn2)c1C. The number of ether oxygens (including phenoxy) is 1. The topological polar surface area (TPSA) is 127 Å². The van der Waals surface area contributed by atoms with Gasteiger partial charge in [-0.25, -0.2) is 4.98 Å². The van der Waals surface area contributed by atoms with Crippen LogP contribution in [-0.2, 0) is 11.3 Å². The van der Waals surface area contributed by atoms with Gasteiger partial charge in [-0.1, -0.05) is 32.0 Å². The first-order valence-electron chi connectivity index (χ1n) is 17.7. The highest BCUT2D eigenvalue weighted by molar-refractivity contribution is 5.96. The van der Waals surface area contributed by atoms with Gasteiger partial charge in [0.1, 0.15) is 11.6 Å². The third-order valence-electron chi connectivity index (χ3n) is 9.84. The minimum atomic E-state index is -0.833. The van der Waals surface area contributed by atoms with Crippen LogP contribution in [-0.4, -0.2) is 90.7 Å². The van der Waals surface area contributed by atoms with E-state index in [0.717, 1.165) is 88.0 Å². The maximum atomic E-state index is 13.1. The lowest BCUT2D eigenvalue weighted by molar-refractivity contribution is -0.134. The summed E-state index contributed by atoms with van der Waals surface area (Å²) in [5.41, 5.74) is 4.39. The number of aromatic nitrogens is 1. The first-order valence-corrected chi connectivity index (χ1v) is 17.7. The highest BCUT2D eigenvalue weighted by Gasteiger charge is 2.42. The van der Waals surface area contributed by atoms with Crippen molar-refractivity contribution >= 4 is 29.3 Å². The Morgan fingerprint density at radius 1 is 0.940 bits per heavy atom. The van der Waals surface area contributed by atoms with Gasteiger partial charge < -0.3 is 30.3 Å². The molecular formula is C39H52N6O5. The molecule has 3 aromatic rings. The lowest BCUT2D eigenvalue weighted by atomic mass is 9.96. The summed E-state index contributed by atoms with van der Waals surface area (Å²) < 4.78 is 5.40. The Labute approximate surface area is 296 Å². The number of aliphatic carboxylic acids is 1. The number of hydrogen-bond acceptors (Lipinski definition) is 8. The number of rotatable bonds is 10. The first kappa shape index (κ1) is 36.6. The largest absolute Gasteiger partial charge is 0.496 e. The second-order valence-electron chi connectivity index (χ2n) is 14.0. The smallest absolute Gasteiger partial charge is 0.300 e. The van der Waals surface area contributed by atoms with Crippen molar-refractivity contribution < 1.29 is 24.2 Å². The lowest BCUT2D eigenvalue weighted by Crippen LogP contribution is -2.50. The van der Waals surface area contributed by atoms with E-state index in [1.54, 1.807) is 13.3 Å². The number of pyridine rings is 1. The molecule has 0 aliphatic carbocycles. The van der Waals surface area contributed by atoms with Crippen molar-refractivity contribution in [2.24, 2.45) is 5.92 Å². The maximum absolute atomic E-state index is 13.1. The van der Waals surface area contributed by atoms with Crippen LogP contribution in [0, 0.1) is 12.8 Å². The quantitative estimate of drug-likeness (QED) is 0.267. The van der Waals surface area contributed by atoms with E-state index < -0.39 is 5.97 Å². The Hall–Kier alpha value is -4.64. The monoisotopic (exact) mass is 684 g/mol. The summed E-state index contributed by atoms with van der Waals surface area (Å²) in [4.78, 5) is 47.2. The third-order valence-corrected chi connectivity index (χ3v) is 9.84. The first-order chi connectivity index (χ1) is 24.0. The van der Waals surface area contributed by atoms with Crippen molar-refractivity contribution in [2.45, 2.75) is 78.0 Å². The molecule has 0 radical (unpaired) electrons. The number of nitrogens with zero attached hydrogens (tertiary/aromatic N) is 4. The number of benzene rings is 2. The molecule has 2 bridgehead atoms. The number of fused-ring (bicyclic) bond motifs is 2. The van der Waals surface area contributed by atoms with E-state index in [-0.39, 0.29) is 17.9 Å². The standard InChI is InChI=1S/C37H48N6O3.C2H4O2/c1-25(2)24-41-16-18-42(19-17-41)30-11-8-27(9-12-30)22-39-36(44)28-10-15-35(38-23-28)43-31-13-14-32(43)21-29(20-31)40-37(45)33-6-5-7-34(46-4)26(33)3;1-2(3)4/h5-12,15,23,25,29,31-32H,13-14,16-22,24H2,1-4H3,(H,39,44)(H,40,45);1H3,(H,3,4)/t29-,31+,32-;. The Balaban J connectivity index is 0.00000115. The van der Waals surface area contributed by atoms with E-state index in [1.165, 1.54) is 5.69 Å². The van der Waals surface area contributed by atoms with Crippen LogP contribution in [0.4, 0.5) is 11.5 Å². The molecule has 1 aromatic heterocycles. The number of hydrogen-bond donors (Lipinski definition) is 3. The van der Waals surface area contributed by atoms with Gasteiger partial charge in [-0.15, -0.1) is 0 Å². The van der Waals surface area contributed by atoms with Gasteiger partial charge in [-0.2, -0.15) is 0 Å². The summed E-state index contributed by atoms with van der Waals surface area (Å²) in [5.74, 6) is 1.32. The van der Waals surface area contributed by atoms with Crippen molar-refractivity contribution in [3.63, 3.8) is 0 Å². The van der Waals surface area contributed by atoms with Crippen LogP contribution in [0.3, 0.4) is 0 Å². The summed E-state index contributed by atoms with van der Waals surface area (Å²) in [6.45, 7) is 13.5. The summed E-state index contributed by atoms with van der Waals surface area (Å²) in [5, 5.41) is 13.8. The average Bonchev–Trinajstić information content (AvgIpc) is 3.37. The van der Waals surface area contributed by atoms with Crippen molar-refractivity contribution in [1.29, 1.82) is 0 Å². The minimum absolute atomic E-state index is 0.0470. The molecule has 2 aromatic carbocycles. The third kappa shape index (κ3) is 9.32. The molecule has 3 aliphatic heterocycles. The van der Waals surface area contributed by atoms with E-state index in [0.29, 0.717) is 35.7 Å². The molecule has 4 heterocycles. The molecule has 6 rings (SSSR count). The molecule has 3 saturated heterocycles. The molecule has 11 heteroatoms. The summed E-state index contributed by atoms with van der Waals surface area (Å²) in [6.07, 6.45) is 5.59. The molecule has 3 fully saturated rings. The number of carboxylic acid groups (broad SMARTS) is 1. The zero-order valence-corrected chi connectivity index (χ0v) is 30.0. The van der Waals surface area contributed by atoms with E-state index in [2.05, 4.69) is 63.4 Å². The highest BCUT2D eigenvalue weighted by atomic mass is 16.5. The zero-order chi connectivity index (χ0) is 35.8. The molecule has 2 amide bonds. The van der Waals surface area contributed by atoms with E-state index in [9.17, 15) is 9.59 Å². The predicted molar refractivity (Wildman–Crippen MR) is 196 cm³/mol. The Bertz CT molecular complexity index is 1590. The molecular weight excluding hydrogens is 632 g/mol. The number of piperazine rings is 1. The van der Waals surface area contributed by atoms with Crippen LogP contribution in [0.2, 0.25) is 0 Å². The van der Waals surface area contributed by atoms with Crippen molar-refractivity contribution in [2.75, 3.05) is 49.6 Å². The Morgan fingerprint density at radius 2 is 1.60 bits per heavy atom. The summed E-state index contributed by atoms with van der Waals surface area (Å²) >= 11 is 0. The van der Waals surface area contributed by atoms with Crippen LogP contribution in [0.25, 0.3) is 0 Å². The van der Waals surface area contributed by atoms with E-state index in [1.807, 2.05) is 37.3 Å². The van der Waals surface area contributed by atoms with Gasteiger partial charge in [0.05, 0.1) is 12.7 Å². The van der Waals surface area contributed by atoms with Crippen LogP contribution < -0.4 is 25.2 Å². The molecule has 50 heavy (non-hydrogen) atoms. The fourth-order valence-corrected chi connectivity index (χ4v) is 7.50. The summed E-state index contributed by atoms with van der Waals surface area (Å²) in [7, 11) is 1.63. The number of piperidine rings is 1. The van der Waals surface area contributed by atoms with Crippen LogP contribution >= 0.6 is 0 Å². The van der Waals surface area contributed by atoms with Gasteiger partial charge in [0.25, 0.3) is 17.8 Å². The summed E-state index contributed by atoms with van der Waals surface area (Å²) in [6, 6.07) is 18.7. The number of methoxy groups -OCH3 is 1. The second-order valence-corrected chi connectivity index (χ2v) is 14.0. The van der Waals surface area contributed by atoms with Gasteiger partial charge in [-0.3, -0.25) is 19.3 Å². The molecule has 3 N–H and O–H groups in total. The normalized spacial score (nSPS) is 20.2. The highest BCUT2D eigenvalue weighted by Crippen LogP contribution is 2.38. The van der Waals surface area contributed by atoms with Gasteiger partial charge in [0.2, 0.25) is 0 Å². The van der Waals surface area contributed by atoms with Crippen LogP contribution in [0.1, 0.15) is 78.3 Å². The second kappa shape index (κ2) is 16.8. The number of carbonyl (C=O) groups is 3.